The molecule has 2 heterocycles. The summed E-state index contributed by atoms with van der Waals surface area (Å²) in [5.41, 5.74) is 1.26. The van der Waals surface area contributed by atoms with Crippen LogP contribution < -0.4 is 4.74 Å². The fourth-order valence-corrected chi connectivity index (χ4v) is 4.03. The molecule has 3 aromatic rings. The Morgan fingerprint density at radius 1 is 1.00 bits per heavy atom. The van der Waals surface area contributed by atoms with Crippen molar-refractivity contribution < 1.29 is 43.1 Å². The lowest BCUT2D eigenvalue weighted by molar-refractivity contribution is -0.231. The van der Waals surface area contributed by atoms with Gasteiger partial charge in [0.05, 0.1) is 12.1 Å². The number of halogens is 3. The molecule has 4 N–H and O–H groups in total. The molecule has 32 heavy (non-hydrogen) atoms. The Bertz CT molecular complexity index is 1070. The summed E-state index contributed by atoms with van der Waals surface area (Å²) in [5.74, 6) is -0.537. The SMILES string of the molecule is OC[C@H]1O[C@@H](c2cn(Cc3ccc(OC(F)F)cc3)c3c(F)cccc23)[C@H](O)[C@@H](O)[C@@H]1O. The second-order valence-electron chi connectivity index (χ2n) is 7.62. The van der Waals surface area contributed by atoms with E-state index in [0.29, 0.717) is 16.5 Å². The number of hydrogen-bond acceptors (Lipinski definition) is 6. The smallest absolute Gasteiger partial charge is 0.387 e. The van der Waals surface area contributed by atoms with Crippen LogP contribution in [0.5, 0.6) is 5.75 Å². The Balaban J connectivity index is 1.71. The summed E-state index contributed by atoms with van der Waals surface area (Å²) in [6.45, 7) is -3.35. The van der Waals surface area contributed by atoms with Gasteiger partial charge in [0.25, 0.3) is 0 Å². The van der Waals surface area contributed by atoms with Crippen LogP contribution in [0.15, 0.2) is 48.7 Å². The van der Waals surface area contributed by atoms with E-state index in [2.05, 4.69) is 4.74 Å². The van der Waals surface area contributed by atoms with Crippen LogP contribution in [0.4, 0.5) is 13.2 Å². The second kappa shape index (κ2) is 9.08. The maximum absolute atomic E-state index is 14.8. The van der Waals surface area contributed by atoms with Crippen molar-refractivity contribution in [2.24, 2.45) is 0 Å². The molecule has 0 radical (unpaired) electrons. The zero-order chi connectivity index (χ0) is 23.0. The average molecular weight is 453 g/mol. The number of rotatable bonds is 6. The summed E-state index contributed by atoms with van der Waals surface area (Å²) in [7, 11) is 0. The van der Waals surface area contributed by atoms with Crippen molar-refractivity contribution in [3.05, 3.63) is 65.6 Å². The molecule has 0 amide bonds. The first kappa shape index (κ1) is 22.6. The normalized spacial score (nSPS) is 26.1. The lowest BCUT2D eigenvalue weighted by Crippen LogP contribution is -2.55. The minimum Gasteiger partial charge on any atom is -0.435 e. The number of aliphatic hydroxyl groups is 4. The van der Waals surface area contributed by atoms with Gasteiger partial charge in [-0.2, -0.15) is 8.78 Å². The maximum atomic E-state index is 14.8. The van der Waals surface area contributed by atoms with Gasteiger partial charge in [-0.15, -0.1) is 0 Å². The van der Waals surface area contributed by atoms with Gasteiger partial charge in [-0.25, -0.2) is 4.39 Å². The molecule has 0 aliphatic carbocycles. The van der Waals surface area contributed by atoms with Crippen molar-refractivity contribution in [1.82, 2.24) is 4.57 Å². The molecule has 2 aromatic carbocycles. The summed E-state index contributed by atoms with van der Waals surface area (Å²) in [6.07, 6.45) is -5.26. The zero-order valence-electron chi connectivity index (χ0n) is 16.7. The molecule has 5 atom stereocenters. The van der Waals surface area contributed by atoms with E-state index >= 15 is 0 Å². The molecule has 0 bridgehead atoms. The number of benzene rings is 2. The highest BCUT2D eigenvalue weighted by Crippen LogP contribution is 2.38. The molecule has 7 nitrogen and oxygen atoms in total. The summed E-state index contributed by atoms with van der Waals surface area (Å²) < 4.78 is 51.0. The van der Waals surface area contributed by atoms with Gasteiger partial charge in [0.2, 0.25) is 0 Å². The summed E-state index contributed by atoms with van der Waals surface area (Å²) in [6, 6.07) is 10.3. The lowest BCUT2D eigenvalue weighted by atomic mass is 9.91. The van der Waals surface area contributed by atoms with Gasteiger partial charge in [0.15, 0.2) is 0 Å². The number of nitrogens with zero attached hydrogens (tertiary/aromatic N) is 1. The van der Waals surface area contributed by atoms with E-state index in [1.165, 1.54) is 24.3 Å². The summed E-state index contributed by atoms with van der Waals surface area (Å²) >= 11 is 0. The van der Waals surface area contributed by atoms with Crippen LogP contribution in [-0.2, 0) is 11.3 Å². The fraction of sp³-hybridized carbons (Fsp3) is 0.364. The van der Waals surface area contributed by atoms with Crippen molar-refractivity contribution >= 4 is 10.9 Å². The predicted octanol–water partition coefficient (Wildman–Crippen LogP) is 1.94. The Hall–Kier alpha value is -2.63. The molecule has 1 aliphatic heterocycles. The van der Waals surface area contributed by atoms with E-state index in [1.54, 1.807) is 29.0 Å². The molecular formula is C22H22F3NO6. The minimum atomic E-state index is -2.94. The van der Waals surface area contributed by atoms with E-state index in [9.17, 15) is 33.6 Å². The van der Waals surface area contributed by atoms with Crippen molar-refractivity contribution in [1.29, 1.82) is 0 Å². The molecule has 0 saturated carbocycles. The first-order valence-electron chi connectivity index (χ1n) is 9.91. The monoisotopic (exact) mass is 453 g/mol. The summed E-state index contributed by atoms with van der Waals surface area (Å²) in [5, 5.41) is 40.6. The Kier molecular flexibility index (Phi) is 6.40. The van der Waals surface area contributed by atoms with Crippen molar-refractivity contribution in [3.63, 3.8) is 0 Å². The zero-order valence-corrected chi connectivity index (χ0v) is 16.7. The molecule has 4 rings (SSSR count). The van der Waals surface area contributed by atoms with Gasteiger partial charge in [-0.05, 0) is 23.8 Å². The molecule has 172 valence electrons. The van der Waals surface area contributed by atoms with Crippen molar-refractivity contribution in [2.45, 2.75) is 43.7 Å². The molecule has 1 fully saturated rings. The van der Waals surface area contributed by atoms with Gasteiger partial charge in [-0.3, -0.25) is 0 Å². The third-order valence-corrected chi connectivity index (χ3v) is 5.58. The third-order valence-electron chi connectivity index (χ3n) is 5.58. The number of fused-ring (bicyclic) bond motifs is 1. The molecular weight excluding hydrogens is 431 g/mol. The average Bonchev–Trinajstić information content (AvgIpc) is 3.13. The van der Waals surface area contributed by atoms with E-state index < -0.39 is 49.6 Å². The van der Waals surface area contributed by atoms with Crippen LogP contribution in [-0.4, -0.2) is 62.6 Å². The quantitative estimate of drug-likeness (QED) is 0.455. The van der Waals surface area contributed by atoms with Gasteiger partial charge < -0.3 is 34.5 Å². The Morgan fingerprint density at radius 2 is 1.72 bits per heavy atom. The number of alkyl halides is 2. The molecule has 1 aromatic heterocycles. The van der Waals surface area contributed by atoms with E-state index in [4.69, 9.17) is 4.74 Å². The topological polar surface area (TPSA) is 104 Å². The van der Waals surface area contributed by atoms with Gasteiger partial charge in [-0.1, -0.05) is 24.3 Å². The number of aliphatic hydroxyl groups excluding tert-OH is 4. The molecule has 10 heteroatoms. The van der Waals surface area contributed by atoms with Crippen LogP contribution in [0.2, 0.25) is 0 Å². The number of ether oxygens (including phenoxy) is 2. The van der Waals surface area contributed by atoms with Gasteiger partial charge in [0.1, 0.15) is 42.1 Å². The van der Waals surface area contributed by atoms with Crippen LogP contribution >= 0.6 is 0 Å². The predicted molar refractivity (Wildman–Crippen MR) is 107 cm³/mol. The summed E-state index contributed by atoms with van der Waals surface area (Å²) in [4.78, 5) is 0. The van der Waals surface area contributed by atoms with Crippen LogP contribution in [0.1, 0.15) is 17.2 Å². The molecule has 0 unspecified atom stereocenters. The largest absolute Gasteiger partial charge is 0.435 e. The van der Waals surface area contributed by atoms with Crippen molar-refractivity contribution in [3.8, 4) is 5.75 Å². The van der Waals surface area contributed by atoms with Gasteiger partial charge in [0, 0.05) is 23.7 Å². The maximum Gasteiger partial charge on any atom is 0.387 e. The van der Waals surface area contributed by atoms with Crippen molar-refractivity contribution in [2.75, 3.05) is 6.61 Å². The first-order valence-corrected chi connectivity index (χ1v) is 9.91. The number of para-hydroxylation sites is 1. The molecule has 0 spiro atoms. The highest BCUT2D eigenvalue weighted by Gasteiger charge is 2.44. The highest BCUT2D eigenvalue weighted by molar-refractivity contribution is 5.85. The first-order chi connectivity index (χ1) is 15.3. The van der Waals surface area contributed by atoms with Crippen LogP contribution in [0, 0.1) is 5.82 Å². The number of hydrogen-bond donors (Lipinski definition) is 4. The van der Waals surface area contributed by atoms with Gasteiger partial charge >= 0.3 is 6.61 Å². The van der Waals surface area contributed by atoms with Crippen LogP contribution in [0.25, 0.3) is 10.9 Å². The van der Waals surface area contributed by atoms with E-state index in [1.807, 2.05) is 0 Å². The minimum absolute atomic E-state index is 0.00528. The lowest BCUT2D eigenvalue weighted by Gasteiger charge is -2.40. The van der Waals surface area contributed by atoms with E-state index in [0.717, 1.165) is 0 Å². The van der Waals surface area contributed by atoms with E-state index in [-0.39, 0.29) is 17.8 Å². The Labute approximate surface area is 180 Å². The third kappa shape index (κ3) is 4.19. The molecule has 1 aliphatic rings. The fourth-order valence-electron chi connectivity index (χ4n) is 4.03. The Morgan fingerprint density at radius 3 is 2.38 bits per heavy atom. The van der Waals surface area contributed by atoms with Crippen LogP contribution in [0.3, 0.4) is 0 Å². The molecule has 1 saturated heterocycles. The number of aromatic nitrogens is 1. The standard InChI is InChI=1S/C22H22F3NO6/c23-15-3-1-2-13-14(21-20(30)19(29)18(28)16(10-27)32-21)9-26(17(13)15)8-11-4-6-12(7-5-11)31-22(24)25/h1-7,9,16,18-22,27-30H,8,10H2/t16-,18-,19+,20-,21+/m1/s1. The second-order valence-corrected chi connectivity index (χ2v) is 7.62. The highest BCUT2D eigenvalue weighted by atomic mass is 19.3.